The first-order valence-corrected chi connectivity index (χ1v) is 10.0. The van der Waals surface area contributed by atoms with Crippen LogP contribution in [-0.2, 0) is 9.59 Å². The van der Waals surface area contributed by atoms with Gasteiger partial charge in [0.05, 0.1) is 13.1 Å². The highest BCUT2D eigenvalue weighted by molar-refractivity contribution is 5.94. The van der Waals surface area contributed by atoms with Gasteiger partial charge in [0.1, 0.15) is 5.76 Å². The number of benzene rings is 1. The van der Waals surface area contributed by atoms with Crippen LogP contribution in [-0.4, -0.2) is 78.7 Å². The number of nitrogens with one attached hydrogen (secondary N) is 1. The van der Waals surface area contributed by atoms with Gasteiger partial charge in [-0.25, -0.2) is 0 Å². The average Bonchev–Trinajstić information content (AvgIpc) is 3.16. The summed E-state index contributed by atoms with van der Waals surface area (Å²) in [5.74, 6) is 0.557. The number of carbonyl (C=O) groups is 3. The molecule has 1 N–H and O–H groups in total. The van der Waals surface area contributed by atoms with Crippen LogP contribution in [0.4, 0.5) is 5.69 Å². The molecular weight excluding hydrogens is 384 g/mol. The van der Waals surface area contributed by atoms with Crippen LogP contribution in [0.15, 0.2) is 40.8 Å². The van der Waals surface area contributed by atoms with Crippen molar-refractivity contribution in [3.63, 3.8) is 0 Å². The molecular formula is C22H28N4O4. The van der Waals surface area contributed by atoms with Gasteiger partial charge in [0.15, 0.2) is 5.76 Å². The van der Waals surface area contributed by atoms with E-state index in [2.05, 4.69) is 5.32 Å². The third-order valence-electron chi connectivity index (χ3n) is 5.11. The van der Waals surface area contributed by atoms with Crippen molar-refractivity contribution in [1.82, 2.24) is 14.7 Å². The van der Waals surface area contributed by atoms with Gasteiger partial charge in [-0.2, -0.15) is 0 Å². The summed E-state index contributed by atoms with van der Waals surface area (Å²) < 4.78 is 5.40. The molecule has 1 aliphatic heterocycles. The Morgan fingerprint density at radius 1 is 1.00 bits per heavy atom. The van der Waals surface area contributed by atoms with Crippen molar-refractivity contribution in [3.8, 4) is 0 Å². The van der Waals surface area contributed by atoms with Gasteiger partial charge in [0.2, 0.25) is 11.8 Å². The lowest BCUT2D eigenvalue weighted by Gasteiger charge is -2.34. The largest absolute Gasteiger partial charge is 0.456 e. The summed E-state index contributed by atoms with van der Waals surface area (Å²) in [6, 6.07) is 11.0. The van der Waals surface area contributed by atoms with Gasteiger partial charge < -0.3 is 19.5 Å². The maximum atomic E-state index is 12.5. The lowest BCUT2D eigenvalue weighted by molar-refractivity contribution is -0.134. The second kappa shape index (κ2) is 9.58. The van der Waals surface area contributed by atoms with Crippen LogP contribution in [0.1, 0.15) is 21.9 Å². The van der Waals surface area contributed by atoms with Crippen molar-refractivity contribution in [2.45, 2.75) is 13.8 Å². The van der Waals surface area contributed by atoms with E-state index in [0.717, 1.165) is 5.56 Å². The normalized spacial score (nSPS) is 14.4. The fourth-order valence-corrected chi connectivity index (χ4v) is 3.27. The summed E-state index contributed by atoms with van der Waals surface area (Å²) in [7, 11) is 1.62. The van der Waals surface area contributed by atoms with E-state index in [4.69, 9.17) is 4.42 Å². The molecule has 0 bridgehead atoms. The molecule has 0 aliphatic carbocycles. The number of hydrogen-bond donors (Lipinski definition) is 1. The number of carbonyl (C=O) groups excluding carboxylic acids is 3. The van der Waals surface area contributed by atoms with E-state index < -0.39 is 0 Å². The van der Waals surface area contributed by atoms with Crippen LogP contribution in [0.2, 0.25) is 0 Å². The summed E-state index contributed by atoms with van der Waals surface area (Å²) in [4.78, 5) is 42.3. The Balaban J connectivity index is 1.41. The van der Waals surface area contributed by atoms with Gasteiger partial charge in [-0.15, -0.1) is 0 Å². The smallest absolute Gasteiger partial charge is 0.289 e. The minimum absolute atomic E-state index is 0.0109. The van der Waals surface area contributed by atoms with Gasteiger partial charge >= 0.3 is 0 Å². The highest BCUT2D eigenvalue weighted by Crippen LogP contribution is 2.12. The number of likely N-dealkylation sites (N-methyl/N-ethyl adjacent to an activating group) is 1. The number of amides is 3. The van der Waals surface area contributed by atoms with E-state index in [-0.39, 0.29) is 30.8 Å². The zero-order valence-corrected chi connectivity index (χ0v) is 17.7. The number of hydrogen-bond acceptors (Lipinski definition) is 5. The van der Waals surface area contributed by atoms with Gasteiger partial charge in [0, 0.05) is 38.9 Å². The molecule has 3 amide bonds. The topological polar surface area (TPSA) is 86.1 Å². The monoisotopic (exact) mass is 412 g/mol. The zero-order valence-electron chi connectivity index (χ0n) is 17.7. The van der Waals surface area contributed by atoms with Crippen LogP contribution in [0.5, 0.6) is 0 Å². The van der Waals surface area contributed by atoms with E-state index in [1.54, 1.807) is 31.0 Å². The molecule has 0 unspecified atom stereocenters. The van der Waals surface area contributed by atoms with Crippen LogP contribution in [0.25, 0.3) is 0 Å². The van der Waals surface area contributed by atoms with Crippen LogP contribution in [0.3, 0.4) is 0 Å². The quantitative estimate of drug-likeness (QED) is 0.781. The lowest BCUT2D eigenvalue weighted by atomic mass is 10.2. The summed E-state index contributed by atoms with van der Waals surface area (Å²) in [5.41, 5.74) is 1.82. The predicted molar refractivity (Wildman–Crippen MR) is 113 cm³/mol. The fraction of sp³-hybridized carbons (Fsp3) is 0.409. The summed E-state index contributed by atoms with van der Waals surface area (Å²) in [6.45, 7) is 6.25. The molecule has 0 radical (unpaired) electrons. The second-order valence-electron chi connectivity index (χ2n) is 7.64. The second-order valence-corrected chi connectivity index (χ2v) is 7.64. The van der Waals surface area contributed by atoms with Gasteiger partial charge in [-0.1, -0.05) is 17.7 Å². The molecule has 1 fully saturated rings. The molecule has 1 aliphatic rings. The van der Waals surface area contributed by atoms with Crippen LogP contribution in [0, 0.1) is 13.8 Å². The zero-order chi connectivity index (χ0) is 21.7. The molecule has 2 heterocycles. The van der Waals surface area contributed by atoms with E-state index in [9.17, 15) is 14.4 Å². The summed E-state index contributed by atoms with van der Waals surface area (Å²) in [5, 5.41) is 2.79. The molecule has 160 valence electrons. The van der Waals surface area contributed by atoms with Gasteiger partial charge in [-0.3, -0.25) is 19.3 Å². The fourth-order valence-electron chi connectivity index (χ4n) is 3.27. The van der Waals surface area contributed by atoms with E-state index in [1.165, 1.54) is 4.90 Å². The molecule has 30 heavy (non-hydrogen) atoms. The Morgan fingerprint density at radius 3 is 2.27 bits per heavy atom. The van der Waals surface area contributed by atoms with E-state index >= 15 is 0 Å². The van der Waals surface area contributed by atoms with Crippen LogP contribution < -0.4 is 5.32 Å². The van der Waals surface area contributed by atoms with Crippen molar-refractivity contribution in [3.05, 3.63) is 53.5 Å². The number of piperazine rings is 1. The first kappa shape index (κ1) is 21.6. The third-order valence-corrected chi connectivity index (χ3v) is 5.11. The lowest BCUT2D eigenvalue weighted by Crippen LogP contribution is -2.51. The minimum atomic E-state index is -0.237. The molecule has 8 heteroatoms. The Kier molecular flexibility index (Phi) is 6.89. The Labute approximate surface area is 176 Å². The molecule has 0 atom stereocenters. The molecule has 1 aromatic heterocycles. The number of nitrogens with zero attached hydrogens (tertiary/aromatic N) is 3. The third kappa shape index (κ3) is 5.70. The highest BCUT2D eigenvalue weighted by Gasteiger charge is 2.26. The summed E-state index contributed by atoms with van der Waals surface area (Å²) >= 11 is 0. The number of furan rings is 1. The van der Waals surface area contributed by atoms with Crippen molar-refractivity contribution >= 4 is 23.4 Å². The summed E-state index contributed by atoms with van der Waals surface area (Å²) in [6.07, 6.45) is 0. The van der Waals surface area contributed by atoms with Crippen molar-refractivity contribution < 1.29 is 18.8 Å². The van der Waals surface area contributed by atoms with Crippen molar-refractivity contribution in [2.75, 3.05) is 51.6 Å². The molecule has 3 rings (SSSR count). The van der Waals surface area contributed by atoms with E-state index in [1.807, 2.05) is 36.1 Å². The molecule has 1 saturated heterocycles. The number of aryl methyl sites for hydroxylation is 2. The molecule has 0 saturated carbocycles. The first-order valence-electron chi connectivity index (χ1n) is 10.0. The Morgan fingerprint density at radius 2 is 1.67 bits per heavy atom. The standard InChI is InChI=1S/C22H28N4O4/c1-16-4-7-18(8-5-16)23-20(27)14-24(3)21(28)15-25-10-12-26(13-11-25)22(29)19-9-6-17(2)30-19/h4-9H,10-15H2,1-3H3,(H,23,27). The molecule has 1 aromatic carbocycles. The molecule has 2 aromatic rings. The predicted octanol–water partition coefficient (Wildman–Crippen LogP) is 1.75. The molecule has 8 nitrogen and oxygen atoms in total. The minimum Gasteiger partial charge on any atom is -0.456 e. The molecule has 0 spiro atoms. The maximum absolute atomic E-state index is 12.5. The number of rotatable bonds is 6. The van der Waals surface area contributed by atoms with Crippen molar-refractivity contribution in [1.29, 1.82) is 0 Å². The first-order chi connectivity index (χ1) is 14.3. The SMILES string of the molecule is Cc1ccc(NC(=O)CN(C)C(=O)CN2CCN(C(=O)c3ccc(C)o3)CC2)cc1. The van der Waals surface area contributed by atoms with E-state index in [0.29, 0.717) is 43.4 Å². The maximum Gasteiger partial charge on any atom is 0.289 e. The van der Waals surface area contributed by atoms with Crippen LogP contribution >= 0.6 is 0 Å². The average molecular weight is 412 g/mol. The highest BCUT2D eigenvalue weighted by atomic mass is 16.3. The van der Waals surface area contributed by atoms with Crippen molar-refractivity contribution in [2.24, 2.45) is 0 Å². The number of anilines is 1. The van der Waals surface area contributed by atoms with Gasteiger partial charge in [-0.05, 0) is 38.1 Å². The Bertz CT molecular complexity index is 898. The van der Waals surface area contributed by atoms with Gasteiger partial charge in [0.25, 0.3) is 5.91 Å². The Hall–Kier alpha value is -3.13.